The monoisotopic (exact) mass is 212 g/mol. The summed E-state index contributed by atoms with van der Waals surface area (Å²) in [6, 6.07) is 6.16. The van der Waals surface area contributed by atoms with E-state index in [9.17, 15) is 9.50 Å². The summed E-state index contributed by atoms with van der Waals surface area (Å²) < 4.78 is 12.7. The highest BCUT2D eigenvalue weighted by Gasteiger charge is 2.37. The Morgan fingerprint density at radius 3 is 2.57 bits per heavy atom. The van der Waals surface area contributed by atoms with E-state index in [-0.39, 0.29) is 5.82 Å². The molecule has 0 aliphatic carbocycles. The first-order valence-electron chi connectivity index (χ1n) is 4.70. The minimum Gasteiger partial charge on any atom is -0.384 e. The Morgan fingerprint density at radius 2 is 2.07 bits per heavy atom. The van der Waals surface area contributed by atoms with Crippen LogP contribution in [0.5, 0.6) is 0 Å². The predicted molar refractivity (Wildman–Crippen MR) is 56.8 cm³/mol. The van der Waals surface area contributed by atoms with E-state index >= 15 is 0 Å². The fraction of sp³-hybridized carbons (Fsp3) is 0.455. The summed E-state index contributed by atoms with van der Waals surface area (Å²) in [6.07, 6.45) is 0.753. The summed E-state index contributed by atoms with van der Waals surface area (Å²) in [5.41, 5.74) is 0.0772. The van der Waals surface area contributed by atoms with Crippen LogP contribution in [0.25, 0.3) is 0 Å². The predicted octanol–water partition coefficient (Wildman–Crippen LogP) is 2.54. The van der Waals surface area contributed by atoms with Gasteiger partial charge >= 0.3 is 0 Å². The van der Waals surface area contributed by atoms with Crippen LogP contribution in [0, 0.1) is 5.82 Å². The van der Waals surface area contributed by atoms with Gasteiger partial charge < -0.3 is 5.11 Å². The lowest BCUT2D eigenvalue weighted by Crippen LogP contribution is -2.25. The lowest BCUT2D eigenvalue weighted by atomic mass is 9.91. The average molecular weight is 212 g/mol. The van der Waals surface area contributed by atoms with Gasteiger partial charge in [0.25, 0.3) is 0 Å². The van der Waals surface area contributed by atoms with Gasteiger partial charge in [0.1, 0.15) is 5.82 Å². The lowest BCUT2D eigenvalue weighted by molar-refractivity contribution is 0.0611. The topological polar surface area (TPSA) is 20.2 Å². The van der Waals surface area contributed by atoms with Crippen molar-refractivity contribution in [2.75, 3.05) is 5.75 Å². The molecule has 1 saturated heterocycles. The third-order valence-electron chi connectivity index (χ3n) is 2.61. The van der Waals surface area contributed by atoms with Crippen LogP contribution < -0.4 is 0 Å². The molecular weight excluding hydrogens is 199 g/mol. The van der Waals surface area contributed by atoms with Crippen LogP contribution in [0.3, 0.4) is 0 Å². The van der Waals surface area contributed by atoms with Crippen LogP contribution in [-0.4, -0.2) is 16.1 Å². The molecule has 14 heavy (non-hydrogen) atoms. The number of rotatable bonds is 1. The van der Waals surface area contributed by atoms with Crippen molar-refractivity contribution in [1.29, 1.82) is 0 Å². The van der Waals surface area contributed by atoms with E-state index in [4.69, 9.17) is 0 Å². The maximum absolute atomic E-state index is 12.7. The average Bonchev–Trinajstić information content (AvgIpc) is 2.48. The highest BCUT2D eigenvalue weighted by atomic mass is 32.2. The van der Waals surface area contributed by atoms with Gasteiger partial charge in [-0.2, -0.15) is 11.8 Å². The Kier molecular flexibility index (Phi) is 2.54. The van der Waals surface area contributed by atoms with Crippen molar-refractivity contribution in [1.82, 2.24) is 0 Å². The number of hydrogen-bond donors (Lipinski definition) is 1. The molecule has 1 nitrogen and oxygen atoms in total. The molecule has 1 aromatic carbocycles. The molecule has 1 aromatic rings. The van der Waals surface area contributed by atoms with Crippen LogP contribution in [-0.2, 0) is 5.60 Å². The lowest BCUT2D eigenvalue weighted by Gasteiger charge is -2.22. The van der Waals surface area contributed by atoms with Gasteiger partial charge in [0.15, 0.2) is 0 Å². The quantitative estimate of drug-likeness (QED) is 0.772. The number of aliphatic hydroxyl groups is 1. The largest absolute Gasteiger partial charge is 0.384 e. The molecule has 76 valence electrons. The van der Waals surface area contributed by atoms with E-state index in [1.165, 1.54) is 12.1 Å². The molecule has 3 heteroatoms. The van der Waals surface area contributed by atoms with Crippen molar-refractivity contribution in [2.45, 2.75) is 24.2 Å². The second-order valence-electron chi connectivity index (χ2n) is 3.86. The first kappa shape index (κ1) is 9.99. The van der Waals surface area contributed by atoms with E-state index in [1.807, 2.05) is 0 Å². The summed E-state index contributed by atoms with van der Waals surface area (Å²) in [6.45, 7) is 2.10. The van der Waals surface area contributed by atoms with Crippen molar-refractivity contribution < 1.29 is 9.50 Å². The molecule has 0 saturated carbocycles. The summed E-state index contributed by atoms with van der Waals surface area (Å²) in [4.78, 5) is 0. The molecule has 1 aliphatic heterocycles. The third-order valence-corrected chi connectivity index (χ3v) is 3.99. The van der Waals surface area contributed by atoms with Gasteiger partial charge in [0.05, 0.1) is 5.60 Å². The van der Waals surface area contributed by atoms with Crippen LogP contribution in [0.1, 0.15) is 18.9 Å². The van der Waals surface area contributed by atoms with Crippen LogP contribution >= 0.6 is 11.8 Å². The number of hydrogen-bond acceptors (Lipinski definition) is 2. The van der Waals surface area contributed by atoms with Gasteiger partial charge in [-0.1, -0.05) is 19.1 Å². The van der Waals surface area contributed by atoms with Gasteiger partial charge in [0, 0.05) is 11.0 Å². The van der Waals surface area contributed by atoms with Gasteiger partial charge in [-0.05, 0) is 24.1 Å². The zero-order valence-corrected chi connectivity index (χ0v) is 8.85. The zero-order valence-electron chi connectivity index (χ0n) is 8.03. The minimum atomic E-state index is -0.752. The van der Waals surface area contributed by atoms with Gasteiger partial charge in [0.2, 0.25) is 0 Å². The fourth-order valence-corrected chi connectivity index (χ4v) is 3.07. The maximum atomic E-state index is 12.7. The van der Waals surface area contributed by atoms with Crippen molar-refractivity contribution in [3.05, 3.63) is 35.6 Å². The van der Waals surface area contributed by atoms with Crippen LogP contribution in [0.15, 0.2) is 24.3 Å². The first-order chi connectivity index (χ1) is 6.60. The summed E-state index contributed by atoms with van der Waals surface area (Å²) >= 11 is 1.76. The highest BCUT2D eigenvalue weighted by Crippen LogP contribution is 2.41. The summed E-state index contributed by atoms with van der Waals surface area (Å²) in [5, 5.41) is 10.8. The van der Waals surface area contributed by atoms with Gasteiger partial charge in [-0.15, -0.1) is 0 Å². The van der Waals surface area contributed by atoms with Crippen molar-refractivity contribution in [3.8, 4) is 0 Å². The molecule has 1 N–H and O–H groups in total. The van der Waals surface area contributed by atoms with Crippen LogP contribution in [0.2, 0.25) is 0 Å². The van der Waals surface area contributed by atoms with E-state index < -0.39 is 5.60 Å². The second-order valence-corrected chi connectivity index (χ2v) is 5.29. The van der Waals surface area contributed by atoms with Crippen molar-refractivity contribution in [2.24, 2.45) is 0 Å². The Hall–Kier alpha value is -0.540. The van der Waals surface area contributed by atoms with Gasteiger partial charge in [-0.25, -0.2) is 4.39 Å². The molecule has 1 heterocycles. The number of benzene rings is 1. The van der Waals surface area contributed by atoms with E-state index in [0.717, 1.165) is 12.0 Å². The molecular formula is C11H13FOS. The zero-order chi connectivity index (χ0) is 10.2. The molecule has 2 unspecified atom stereocenters. The smallest absolute Gasteiger partial charge is 0.123 e. The molecule has 2 rings (SSSR count). The fourth-order valence-electron chi connectivity index (χ4n) is 1.83. The number of thioether (sulfide) groups is 1. The molecule has 1 fully saturated rings. The molecule has 0 amide bonds. The minimum absolute atomic E-state index is 0.254. The normalized spacial score (nSPS) is 32.1. The molecule has 0 radical (unpaired) electrons. The Bertz CT molecular complexity index is 325. The third kappa shape index (κ3) is 1.79. The molecule has 0 spiro atoms. The Labute approximate surface area is 87.3 Å². The van der Waals surface area contributed by atoms with Crippen molar-refractivity contribution in [3.63, 3.8) is 0 Å². The molecule has 0 bridgehead atoms. The second kappa shape index (κ2) is 3.55. The first-order valence-corrected chi connectivity index (χ1v) is 5.75. The summed E-state index contributed by atoms with van der Waals surface area (Å²) in [5.74, 6) is 0.454. The molecule has 2 atom stereocenters. The molecule has 1 aliphatic rings. The van der Waals surface area contributed by atoms with Gasteiger partial charge in [-0.3, -0.25) is 0 Å². The maximum Gasteiger partial charge on any atom is 0.123 e. The van der Waals surface area contributed by atoms with Crippen LogP contribution in [0.4, 0.5) is 4.39 Å². The Balaban J connectivity index is 2.26. The van der Waals surface area contributed by atoms with E-state index in [0.29, 0.717) is 11.0 Å². The SMILES string of the molecule is CC1CC(O)(c2ccc(F)cc2)CS1. The Morgan fingerprint density at radius 1 is 1.43 bits per heavy atom. The van der Waals surface area contributed by atoms with Crippen molar-refractivity contribution >= 4 is 11.8 Å². The highest BCUT2D eigenvalue weighted by molar-refractivity contribution is 8.00. The standard InChI is InChI=1S/C11H13FOS/c1-8-6-11(13,7-14-8)9-2-4-10(12)5-3-9/h2-5,8,13H,6-7H2,1H3. The van der Waals surface area contributed by atoms with E-state index in [1.54, 1.807) is 23.9 Å². The van der Waals surface area contributed by atoms with E-state index in [2.05, 4.69) is 6.92 Å². The summed E-state index contributed by atoms with van der Waals surface area (Å²) in [7, 11) is 0. The number of halogens is 1. The molecule has 0 aromatic heterocycles.